The lowest BCUT2D eigenvalue weighted by Crippen LogP contribution is -2.23. The Morgan fingerprint density at radius 1 is 0.704 bits per heavy atom. The number of pyridine rings is 2. The molecule has 2 heterocycles. The Kier molecular flexibility index (Phi) is 11.4. The first kappa shape index (κ1) is 23.7. The zero-order valence-electron chi connectivity index (χ0n) is 16.2. The Hall–Kier alpha value is -3.28. The predicted molar refractivity (Wildman–Crippen MR) is 102 cm³/mol. The molecule has 0 spiro atoms. The molecule has 0 aliphatic carbocycles. The van der Waals surface area contributed by atoms with Crippen LogP contribution in [0.5, 0.6) is 0 Å². The number of aryl methyl sites for hydroxylation is 1. The summed E-state index contributed by atoms with van der Waals surface area (Å²) < 4.78 is 0. The average Bonchev–Trinajstić information content (AvgIpc) is 2.71. The van der Waals surface area contributed by atoms with Gasteiger partial charge in [-0.1, -0.05) is 58.0 Å². The minimum Gasteiger partial charge on any atom is -0.543 e. The van der Waals surface area contributed by atoms with Gasteiger partial charge in [0, 0.05) is 11.1 Å². The number of rotatable bonds is 2. The van der Waals surface area contributed by atoms with Crippen molar-refractivity contribution in [2.24, 2.45) is 0 Å². The lowest BCUT2D eigenvalue weighted by molar-refractivity contribution is -0.256. The molecular weight excluding hydrogens is 344 g/mol. The van der Waals surface area contributed by atoms with Crippen LogP contribution < -0.4 is 10.2 Å². The Morgan fingerprint density at radius 2 is 1.26 bits per heavy atom. The predicted octanol–water partition coefficient (Wildman–Crippen LogP) is 2.40. The van der Waals surface area contributed by atoms with E-state index in [1.807, 2.05) is 45.9 Å². The van der Waals surface area contributed by atoms with Crippen molar-refractivity contribution in [1.82, 2.24) is 9.97 Å². The zero-order chi connectivity index (χ0) is 20.8. The summed E-state index contributed by atoms with van der Waals surface area (Å²) in [5, 5.41) is 21.6. The topological polar surface area (TPSA) is 106 Å². The van der Waals surface area contributed by atoms with Gasteiger partial charge in [-0.3, -0.25) is 4.98 Å². The van der Waals surface area contributed by atoms with Crippen LogP contribution in [0.25, 0.3) is 10.9 Å². The third kappa shape index (κ3) is 8.09. The van der Waals surface area contributed by atoms with E-state index in [4.69, 9.17) is 0 Å². The molecule has 6 heteroatoms. The van der Waals surface area contributed by atoms with Gasteiger partial charge in [0.05, 0.1) is 28.8 Å². The molecule has 2 aromatic heterocycles. The van der Waals surface area contributed by atoms with Crippen molar-refractivity contribution in [3.8, 4) is 0 Å². The molecule has 1 aromatic carbocycles. The van der Waals surface area contributed by atoms with Gasteiger partial charge in [-0.05, 0) is 31.2 Å². The maximum Gasteiger partial charge on any atom is 0.0900 e. The fourth-order valence-electron chi connectivity index (χ4n) is 1.84. The maximum atomic E-state index is 10.5. The number of hydrogen-bond donors (Lipinski definition) is 0. The van der Waals surface area contributed by atoms with Crippen LogP contribution in [0.4, 0.5) is 0 Å². The second-order valence-corrected chi connectivity index (χ2v) is 4.63. The molecular formula is C21H24N2O4-2. The van der Waals surface area contributed by atoms with Crippen molar-refractivity contribution in [3.63, 3.8) is 0 Å². The summed E-state index contributed by atoms with van der Waals surface area (Å²) in [7, 11) is 0. The Bertz CT molecular complexity index is 863. The van der Waals surface area contributed by atoms with E-state index in [0.717, 1.165) is 5.39 Å². The van der Waals surface area contributed by atoms with Gasteiger partial charge in [0.15, 0.2) is 0 Å². The summed E-state index contributed by atoms with van der Waals surface area (Å²) >= 11 is 0. The minimum atomic E-state index is -1.24. The third-order valence-corrected chi connectivity index (χ3v) is 2.91. The molecule has 0 unspecified atom stereocenters. The molecule has 0 saturated carbocycles. The maximum absolute atomic E-state index is 10.5. The molecule has 27 heavy (non-hydrogen) atoms. The van der Waals surface area contributed by atoms with E-state index in [1.54, 1.807) is 31.2 Å². The highest BCUT2D eigenvalue weighted by Gasteiger charge is 1.97. The highest BCUT2D eigenvalue weighted by Crippen LogP contribution is 2.10. The molecule has 6 nitrogen and oxygen atoms in total. The molecule has 0 N–H and O–H groups in total. The highest BCUT2D eigenvalue weighted by atomic mass is 16.4. The number of aromatic carboxylic acids is 2. The Morgan fingerprint density at radius 3 is 1.78 bits per heavy atom. The number of carboxylic acid groups (broad SMARTS) is 2. The standard InChI is InChI=1S/C10H7NO2.C7H7NO2.2C2H6/c12-10(13)9-6-5-7-3-1-2-4-8(7)11-9;1-5-3-2-4-6(8-5)7(9)10;2*1-2/h1-6H,(H,12,13);2-4H,1H3,(H,9,10);2*1-2H3/p-2. The molecule has 0 fully saturated rings. The van der Waals surface area contributed by atoms with Crippen molar-refractivity contribution in [3.05, 3.63) is 71.7 Å². The normalized spacial score (nSPS) is 8.78. The summed E-state index contributed by atoms with van der Waals surface area (Å²) in [5.74, 6) is -2.48. The van der Waals surface area contributed by atoms with Crippen molar-refractivity contribution in [1.29, 1.82) is 0 Å². The first-order chi connectivity index (χ1) is 13.0. The summed E-state index contributed by atoms with van der Waals surface area (Å²) in [6.45, 7) is 9.73. The van der Waals surface area contributed by atoms with Crippen LogP contribution >= 0.6 is 0 Å². The van der Waals surface area contributed by atoms with Gasteiger partial charge in [-0.2, -0.15) is 0 Å². The molecule has 3 rings (SSSR count). The lowest BCUT2D eigenvalue weighted by atomic mass is 10.2. The van der Waals surface area contributed by atoms with Crippen LogP contribution in [-0.4, -0.2) is 21.9 Å². The summed E-state index contributed by atoms with van der Waals surface area (Å²) in [5.41, 5.74) is 1.31. The molecule has 0 radical (unpaired) electrons. The number of carbonyl (C=O) groups excluding carboxylic acids is 2. The number of aromatic nitrogens is 2. The van der Waals surface area contributed by atoms with E-state index in [1.165, 1.54) is 12.1 Å². The van der Waals surface area contributed by atoms with Crippen LogP contribution in [-0.2, 0) is 0 Å². The number of carboxylic acids is 2. The van der Waals surface area contributed by atoms with Crippen LogP contribution in [0, 0.1) is 6.92 Å². The molecule has 144 valence electrons. The number of para-hydroxylation sites is 1. The van der Waals surface area contributed by atoms with E-state index >= 15 is 0 Å². The van der Waals surface area contributed by atoms with Gasteiger partial charge < -0.3 is 19.8 Å². The summed E-state index contributed by atoms with van der Waals surface area (Å²) in [6, 6.07) is 15.3. The van der Waals surface area contributed by atoms with E-state index in [2.05, 4.69) is 9.97 Å². The van der Waals surface area contributed by atoms with Gasteiger partial charge >= 0.3 is 0 Å². The van der Waals surface area contributed by atoms with Gasteiger partial charge in [0.25, 0.3) is 0 Å². The van der Waals surface area contributed by atoms with Gasteiger partial charge in [0.2, 0.25) is 0 Å². The second kappa shape index (κ2) is 13.0. The number of hydrogen-bond acceptors (Lipinski definition) is 6. The fraction of sp³-hybridized carbons (Fsp3) is 0.238. The number of carbonyl (C=O) groups is 2. The van der Waals surface area contributed by atoms with Gasteiger partial charge in [-0.15, -0.1) is 0 Å². The van der Waals surface area contributed by atoms with Crippen LogP contribution in [0.2, 0.25) is 0 Å². The average molecular weight is 368 g/mol. The summed E-state index contributed by atoms with van der Waals surface area (Å²) in [4.78, 5) is 28.3. The van der Waals surface area contributed by atoms with E-state index in [9.17, 15) is 19.8 Å². The second-order valence-electron chi connectivity index (χ2n) is 4.63. The largest absolute Gasteiger partial charge is 0.543 e. The van der Waals surface area contributed by atoms with Crippen molar-refractivity contribution in [2.75, 3.05) is 0 Å². The smallest absolute Gasteiger partial charge is 0.0900 e. The SMILES string of the molecule is CC.CC.Cc1cccc(C(=O)[O-])n1.O=C([O-])c1ccc2ccccc2n1. The van der Waals surface area contributed by atoms with Crippen LogP contribution in [0.3, 0.4) is 0 Å². The monoisotopic (exact) mass is 368 g/mol. The third-order valence-electron chi connectivity index (χ3n) is 2.91. The first-order valence-electron chi connectivity index (χ1n) is 8.69. The van der Waals surface area contributed by atoms with E-state index < -0.39 is 11.9 Å². The molecule has 0 amide bonds. The van der Waals surface area contributed by atoms with Crippen LogP contribution in [0.15, 0.2) is 54.6 Å². The molecule has 0 aliphatic heterocycles. The number of nitrogens with zero attached hydrogens (tertiary/aromatic N) is 2. The van der Waals surface area contributed by atoms with Crippen molar-refractivity contribution < 1.29 is 19.8 Å². The van der Waals surface area contributed by atoms with Gasteiger partial charge in [-0.25, -0.2) is 4.98 Å². The Labute approximate surface area is 159 Å². The fourth-order valence-corrected chi connectivity index (χ4v) is 1.84. The quantitative estimate of drug-likeness (QED) is 0.687. The van der Waals surface area contributed by atoms with E-state index in [0.29, 0.717) is 11.2 Å². The first-order valence-corrected chi connectivity index (χ1v) is 8.69. The Balaban J connectivity index is 0.000000434. The lowest BCUT2D eigenvalue weighted by Gasteiger charge is -2.02. The molecule has 0 bridgehead atoms. The molecule has 0 atom stereocenters. The van der Waals surface area contributed by atoms with Gasteiger partial charge in [0.1, 0.15) is 0 Å². The highest BCUT2D eigenvalue weighted by molar-refractivity contribution is 5.88. The number of fused-ring (bicyclic) bond motifs is 1. The molecule has 0 saturated heterocycles. The van der Waals surface area contributed by atoms with E-state index in [-0.39, 0.29) is 11.4 Å². The number of benzene rings is 1. The molecule has 0 aliphatic rings. The van der Waals surface area contributed by atoms with Crippen molar-refractivity contribution >= 4 is 22.8 Å². The summed E-state index contributed by atoms with van der Waals surface area (Å²) in [6.07, 6.45) is 0. The van der Waals surface area contributed by atoms with Crippen molar-refractivity contribution in [2.45, 2.75) is 34.6 Å². The molecule has 3 aromatic rings. The minimum absolute atomic E-state index is 0.0139. The zero-order valence-corrected chi connectivity index (χ0v) is 16.2. The van der Waals surface area contributed by atoms with Crippen LogP contribution in [0.1, 0.15) is 54.4 Å².